The van der Waals surface area contributed by atoms with Gasteiger partial charge in [0.1, 0.15) is 13.2 Å². The average Bonchev–Trinajstić information content (AvgIpc) is 3.23. The molecule has 0 bridgehead atoms. The van der Waals surface area contributed by atoms with E-state index < -0.39 is 0 Å². The zero-order valence-electron chi connectivity index (χ0n) is 11.1. The molecule has 1 aromatic carbocycles. The predicted molar refractivity (Wildman–Crippen MR) is 78.8 cm³/mol. The molecule has 1 heterocycles. The van der Waals surface area contributed by atoms with Gasteiger partial charge in [0.2, 0.25) is 0 Å². The van der Waals surface area contributed by atoms with Crippen LogP contribution >= 0.6 is 15.9 Å². The van der Waals surface area contributed by atoms with Crippen LogP contribution in [0, 0.1) is 5.92 Å². The molecule has 1 aliphatic heterocycles. The molecule has 0 unspecified atom stereocenters. The second-order valence-corrected chi connectivity index (χ2v) is 6.22. The summed E-state index contributed by atoms with van der Waals surface area (Å²) < 4.78 is 12.2. The molecular weight excluding hydrogens is 306 g/mol. The van der Waals surface area contributed by atoms with E-state index in [1.54, 1.807) is 0 Å². The van der Waals surface area contributed by atoms with Gasteiger partial charge in [0, 0.05) is 6.54 Å². The van der Waals surface area contributed by atoms with Crippen molar-refractivity contribution in [3.05, 3.63) is 22.2 Å². The summed E-state index contributed by atoms with van der Waals surface area (Å²) in [6, 6.07) is 4.19. The van der Waals surface area contributed by atoms with Gasteiger partial charge in [-0.3, -0.25) is 0 Å². The Bertz CT molecular complexity index is 446. The van der Waals surface area contributed by atoms with Crippen LogP contribution in [-0.2, 0) is 6.54 Å². The molecule has 0 radical (unpaired) electrons. The SMILES string of the molecule is Brc1cc(CNCCCC2CC2)cc2c1OCCO2. The zero-order valence-corrected chi connectivity index (χ0v) is 12.7. The third-order valence-electron chi connectivity index (χ3n) is 3.65. The summed E-state index contributed by atoms with van der Waals surface area (Å²) >= 11 is 3.55. The highest BCUT2D eigenvalue weighted by atomic mass is 79.9. The van der Waals surface area contributed by atoms with Gasteiger partial charge in [0.25, 0.3) is 0 Å². The lowest BCUT2D eigenvalue weighted by molar-refractivity contribution is 0.170. The van der Waals surface area contributed by atoms with Crippen molar-refractivity contribution in [2.45, 2.75) is 32.2 Å². The molecule has 1 saturated carbocycles. The standard InChI is InChI=1S/C15H20BrNO2/c16-13-8-12(9-14-15(13)19-7-6-18-14)10-17-5-1-2-11-3-4-11/h8-9,11,17H,1-7,10H2. The Morgan fingerprint density at radius 1 is 1.21 bits per heavy atom. The summed E-state index contributed by atoms with van der Waals surface area (Å²) in [5.41, 5.74) is 1.24. The van der Waals surface area contributed by atoms with E-state index in [0.29, 0.717) is 13.2 Å². The number of fused-ring (bicyclic) bond motifs is 1. The maximum Gasteiger partial charge on any atom is 0.175 e. The van der Waals surface area contributed by atoms with E-state index in [9.17, 15) is 0 Å². The highest BCUT2D eigenvalue weighted by molar-refractivity contribution is 9.10. The quantitative estimate of drug-likeness (QED) is 0.812. The van der Waals surface area contributed by atoms with Crippen LogP contribution in [-0.4, -0.2) is 19.8 Å². The molecule has 0 aromatic heterocycles. The van der Waals surface area contributed by atoms with Crippen LogP contribution in [0.25, 0.3) is 0 Å². The summed E-state index contributed by atoms with van der Waals surface area (Å²) in [4.78, 5) is 0. The Labute approximate surface area is 122 Å². The van der Waals surface area contributed by atoms with Crippen LogP contribution in [0.5, 0.6) is 11.5 Å². The lowest BCUT2D eigenvalue weighted by Crippen LogP contribution is -2.18. The van der Waals surface area contributed by atoms with Crippen molar-refractivity contribution in [3.8, 4) is 11.5 Å². The van der Waals surface area contributed by atoms with Crippen molar-refractivity contribution in [3.63, 3.8) is 0 Å². The van der Waals surface area contributed by atoms with E-state index in [1.165, 1.54) is 31.2 Å². The van der Waals surface area contributed by atoms with Crippen molar-refractivity contribution in [2.24, 2.45) is 5.92 Å². The predicted octanol–water partition coefficient (Wildman–Crippen LogP) is 3.50. The molecule has 0 saturated heterocycles. The maximum atomic E-state index is 5.63. The van der Waals surface area contributed by atoms with Crippen LogP contribution in [0.3, 0.4) is 0 Å². The van der Waals surface area contributed by atoms with Crippen LogP contribution < -0.4 is 14.8 Å². The first-order valence-corrected chi connectivity index (χ1v) is 7.91. The summed E-state index contributed by atoms with van der Waals surface area (Å²) in [5, 5.41) is 3.50. The first kappa shape index (κ1) is 13.3. The van der Waals surface area contributed by atoms with E-state index in [0.717, 1.165) is 35.0 Å². The monoisotopic (exact) mass is 325 g/mol. The number of hydrogen-bond acceptors (Lipinski definition) is 3. The normalized spacial score (nSPS) is 17.5. The number of rotatable bonds is 6. The van der Waals surface area contributed by atoms with Gasteiger partial charge >= 0.3 is 0 Å². The third-order valence-corrected chi connectivity index (χ3v) is 4.24. The second kappa shape index (κ2) is 6.14. The molecule has 1 fully saturated rings. The molecule has 19 heavy (non-hydrogen) atoms. The van der Waals surface area contributed by atoms with E-state index in [1.807, 2.05) is 0 Å². The molecule has 3 nitrogen and oxygen atoms in total. The number of benzene rings is 1. The summed E-state index contributed by atoms with van der Waals surface area (Å²) in [5.74, 6) is 2.73. The second-order valence-electron chi connectivity index (χ2n) is 5.36. The molecule has 0 atom stereocenters. The molecule has 3 rings (SSSR count). The van der Waals surface area contributed by atoms with Crippen molar-refractivity contribution < 1.29 is 9.47 Å². The number of ether oxygens (including phenoxy) is 2. The first-order chi connectivity index (χ1) is 9.33. The van der Waals surface area contributed by atoms with Gasteiger partial charge in [0.15, 0.2) is 11.5 Å². The number of hydrogen-bond donors (Lipinski definition) is 1. The minimum absolute atomic E-state index is 0.629. The smallest absolute Gasteiger partial charge is 0.175 e. The molecule has 1 N–H and O–H groups in total. The van der Waals surface area contributed by atoms with Crippen LogP contribution in [0.2, 0.25) is 0 Å². The number of nitrogens with one attached hydrogen (secondary N) is 1. The summed E-state index contributed by atoms with van der Waals surface area (Å²) in [6.45, 7) is 3.25. The van der Waals surface area contributed by atoms with Gasteiger partial charge in [-0.25, -0.2) is 0 Å². The fourth-order valence-electron chi connectivity index (χ4n) is 2.42. The summed E-state index contributed by atoms with van der Waals surface area (Å²) in [7, 11) is 0. The van der Waals surface area contributed by atoms with Gasteiger partial charge in [-0.1, -0.05) is 12.8 Å². The van der Waals surface area contributed by atoms with Gasteiger partial charge in [-0.2, -0.15) is 0 Å². The van der Waals surface area contributed by atoms with Gasteiger partial charge in [-0.15, -0.1) is 0 Å². The van der Waals surface area contributed by atoms with E-state index in [2.05, 4.69) is 33.4 Å². The Morgan fingerprint density at radius 3 is 2.89 bits per heavy atom. The average molecular weight is 326 g/mol. The minimum atomic E-state index is 0.629. The van der Waals surface area contributed by atoms with E-state index >= 15 is 0 Å². The summed E-state index contributed by atoms with van der Waals surface area (Å²) in [6.07, 6.45) is 5.58. The Kier molecular flexibility index (Phi) is 4.28. The van der Waals surface area contributed by atoms with Crippen molar-refractivity contribution in [1.29, 1.82) is 0 Å². The van der Waals surface area contributed by atoms with Crippen molar-refractivity contribution in [1.82, 2.24) is 5.32 Å². The molecule has 2 aliphatic rings. The van der Waals surface area contributed by atoms with E-state index in [4.69, 9.17) is 9.47 Å². The van der Waals surface area contributed by atoms with Gasteiger partial charge in [0.05, 0.1) is 4.47 Å². The Morgan fingerprint density at radius 2 is 2.05 bits per heavy atom. The minimum Gasteiger partial charge on any atom is -0.486 e. The van der Waals surface area contributed by atoms with E-state index in [-0.39, 0.29) is 0 Å². The lowest BCUT2D eigenvalue weighted by Gasteiger charge is -2.20. The molecule has 0 spiro atoms. The van der Waals surface area contributed by atoms with Crippen LogP contribution in [0.1, 0.15) is 31.2 Å². The van der Waals surface area contributed by atoms with Crippen LogP contribution in [0.4, 0.5) is 0 Å². The molecule has 4 heteroatoms. The highest BCUT2D eigenvalue weighted by Gasteiger charge is 2.20. The topological polar surface area (TPSA) is 30.5 Å². The Balaban J connectivity index is 1.50. The fourth-order valence-corrected chi connectivity index (χ4v) is 3.03. The molecular formula is C15H20BrNO2. The highest BCUT2D eigenvalue weighted by Crippen LogP contribution is 2.38. The molecule has 0 amide bonds. The van der Waals surface area contributed by atoms with Crippen molar-refractivity contribution in [2.75, 3.05) is 19.8 Å². The molecule has 1 aliphatic carbocycles. The fraction of sp³-hybridized carbons (Fsp3) is 0.600. The largest absolute Gasteiger partial charge is 0.486 e. The lowest BCUT2D eigenvalue weighted by atomic mass is 10.2. The first-order valence-electron chi connectivity index (χ1n) is 7.11. The zero-order chi connectivity index (χ0) is 13.1. The third kappa shape index (κ3) is 3.63. The van der Waals surface area contributed by atoms with Crippen molar-refractivity contribution >= 4 is 15.9 Å². The maximum absolute atomic E-state index is 5.63. The Hall–Kier alpha value is -0.740. The molecule has 1 aromatic rings. The van der Waals surface area contributed by atoms with Crippen LogP contribution in [0.15, 0.2) is 16.6 Å². The van der Waals surface area contributed by atoms with Gasteiger partial charge < -0.3 is 14.8 Å². The molecule has 104 valence electrons. The van der Waals surface area contributed by atoms with Gasteiger partial charge in [-0.05, 0) is 58.9 Å². The number of halogens is 1.